The molecule has 0 aliphatic heterocycles. The quantitative estimate of drug-likeness (QED) is 0.863. The Balaban J connectivity index is 2.99. The molecule has 0 heterocycles. The molecule has 0 amide bonds. The van der Waals surface area contributed by atoms with E-state index in [9.17, 15) is 0 Å². The normalized spacial score (nSPS) is 12.5. The molecular formula is C13H21ClN2S. The molecule has 0 radical (unpaired) electrons. The molecule has 2 nitrogen and oxygen atoms in total. The number of benzene rings is 1. The summed E-state index contributed by atoms with van der Waals surface area (Å²) in [4.78, 5) is 2.29. The van der Waals surface area contributed by atoms with E-state index in [0.29, 0.717) is 12.6 Å². The van der Waals surface area contributed by atoms with Gasteiger partial charge < -0.3 is 10.6 Å². The second-order valence-electron chi connectivity index (χ2n) is 4.19. The zero-order chi connectivity index (χ0) is 12.8. The average molecular weight is 273 g/mol. The van der Waals surface area contributed by atoms with E-state index in [-0.39, 0.29) is 0 Å². The Morgan fingerprint density at radius 1 is 1.47 bits per heavy atom. The molecule has 1 aromatic rings. The van der Waals surface area contributed by atoms with Gasteiger partial charge in [0.15, 0.2) is 0 Å². The highest BCUT2D eigenvalue weighted by atomic mass is 35.5. The number of anilines is 1. The Bertz CT molecular complexity index is 357. The maximum Gasteiger partial charge on any atom is 0.0459 e. The molecule has 0 aliphatic carbocycles. The van der Waals surface area contributed by atoms with E-state index in [1.807, 2.05) is 23.9 Å². The van der Waals surface area contributed by atoms with Gasteiger partial charge in [0.25, 0.3) is 0 Å². The van der Waals surface area contributed by atoms with Gasteiger partial charge in [-0.3, -0.25) is 0 Å². The molecule has 17 heavy (non-hydrogen) atoms. The zero-order valence-corrected chi connectivity index (χ0v) is 12.3. The summed E-state index contributed by atoms with van der Waals surface area (Å²) in [6.07, 6.45) is 2.95. The van der Waals surface area contributed by atoms with Crippen molar-refractivity contribution in [1.82, 2.24) is 0 Å². The van der Waals surface area contributed by atoms with E-state index in [2.05, 4.69) is 31.2 Å². The molecule has 0 aliphatic rings. The summed E-state index contributed by atoms with van der Waals surface area (Å²) in [5, 5.41) is 0.816. The number of nitrogens with zero attached hydrogens (tertiary/aromatic N) is 1. The fourth-order valence-electron chi connectivity index (χ4n) is 1.86. The van der Waals surface area contributed by atoms with E-state index in [1.54, 1.807) is 0 Å². The summed E-state index contributed by atoms with van der Waals surface area (Å²) >= 11 is 8.10. The minimum atomic E-state index is 0.486. The van der Waals surface area contributed by atoms with E-state index in [0.717, 1.165) is 22.8 Å². The maximum atomic E-state index is 6.25. The molecule has 1 rings (SSSR count). The lowest BCUT2D eigenvalue weighted by atomic mass is 10.1. The van der Waals surface area contributed by atoms with Crippen LogP contribution in [-0.4, -0.2) is 31.6 Å². The van der Waals surface area contributed by atoms with Crippen LogP contribution in [0, 0.1) is 0 Å². The molecule has 4 heteroatoms. The van der Waals surface area contributed by atoms with Crippen molar-refractivity contribution in [3.05, 3.63) is 28.8 Å². The molecule has 2 N–H and O–H groups in total. The summed E-state index contributed by atoms with van der Waals surface area (Å²) in [5.41, 5.74) is 8.01. The van der Waals surface area contributed by atoms with Crippen LogP contribution in [0.3, 0.4) is 0 Å². The van der Waals surface area contributed by atoms with Gasteiger partial charge in [-0.05, 0) is 43.8 Å². The summed E-state index contributed by atoms with van der Waals surface area (Å²) < 4.78 is 0. The lowest BCUT2D eigenvalue weighted by Gasteiger charge is -2.29. The van der Waals surface area contributed by atoms with Gasteiger partial charge in [-0.25, -0.2) is 0 Å². The highest BCUT2D eigenvalue weighted by Crippen LogP contribution is 2.28. The summed E-state index contributed by atoms with van der Waals surface area (Å²) in [6, 6.07) is 6.54. The fourth-order valence-corrected chi connectivity index (χ4v) is 2.83. The molecule has 0 bridgehead atoms. The van der Waals surface area contributed by atoms with Crippen molar-refractivity contribution in [3.8, 4) is 0 Å². The molecular weight excluding hydrogens is 252 g/mol. The van der Waals surface area contributed by atoms with Crippen LogP contribution < -0.4 is 10.6 Å². The largest absolute Gasteiger partial charge is 0.371 e. The van der Waals surface area contributed by atoms with Gasteiger partial charge in [0.1, 0.15) is 0 Å². The van der Waals surface area contributed by atoms with Crippen molar-refractivity contribution >= 4 is 29.1 Å². The van der Waals surface area contributed by atoms with Crippen molar-refractivity contribution in [3.63, 3.8) is 0 Å². The number of thioether (sulfide) groups is 1. The molecule has 0 saturated heterocycles. The predicted molar refractivity (Wildman–Crippen MR) is 80.5 cm³/mol. The minimum Gasteiger partial charge on any atom is -0.371 e. The lowest BCUT2D eigenvalue weighted by molar-refractivity contribution is 0.759. The molecule has 1 atom stereocenters. The van der Waals surface area contributed by atoms with E-state index in [4.69, 9.17) is 17.3 Å². The third kappa shape index (κ3) is 3.80. The molecule has 1 unspecified atom stereocenters. The van der Waals surface area contributed by atoms with E-state index in [1.165, 1.54) is 5.69 Å². The molecule has 0 aromatic heterocycles. The highest BCUT2D eigenvalue weighted by molar-refractivity contribution is 7.98. The van der Waals surface area contributed by atoms with Crippen LogP contribution in [0.5, 0.6) is 0 Å². The van der Waals surface area contributed by atoms with Gasteiger partial charge in [0.2, 0.25) is 0 Å². The van der Waals surface area contributed by atoms with E-state index >= 15 is 0 Å². The second-order valence-corrected chi connectivity index (χ2v) is 5.51. The van der Waals surface area contributed by atoms with Gasteiger partial charge in [0, 0.05) is 29.6 Å². The maximum absolute atomic E-state index is 6.25. The topological polar surface area (TPSA) is 29.3 Å². The average Bonchev–Trinajstić information content (AvgIpc) is 2.31. The first-order valence-corrected chi connectivity index (χ1v) is 7.58. The Morgan fingerprint density at radius 3 is 2.76 bits per heavy atom. The van der Waals surface area contributed by atoms with Gasteiger partial charge in [-0.2, -0.15) is 11.8 Å². The SMILES string of the molecule is CSCC(C)N(C)c1cccc(Cl)c1CCN. The number of hydrogen-bond acceptors (Lipinski definition) is 3. The van der Waals surface area contributed by atoms with Crippen molar-refractivity contribution in [2.75, 3.05) is 30.5 Å². The van der Waals surface area contributed by atoms with Crippen LogP contribution in [0.1, 0.15) is 12.5 Å². The first-order valence-electron chi connectivity index (χ1n) is 5.81. The van der Waals surface area contributed by atoms with Crippen LogP contribution in [-0.2, 0) is 6.42 Å². The van der Waals surface area contributed by atoms with Crippen molar-refractivity contribution in [2.24, 2.45) is 5.73 Å². The smallest absolute Gasteiger partial charge is 0.0459 e. The van der Waals surface area contributed by atoms with Gasteiger partial charge in [-0.15, -0.1) is 0 Å². The van der Waals surface area contributed by atoms with E-state index < -0.39 is 0 Å². The van der Waals surface area contributed by atoms with Gasteiger partial charge in [0.05, 0.1) is 0 Å². The standard InChI is InChI=1S/C13H21ClN2S/c1-10(9-17-3)16(2)13-6-4-5-12(14)11(13)7-8-15/h4-6,10H,7-9,15H2,1-3H3. The Kier molecular flexibility index (Phi) is 6.17. The molecule has 1 aromatic carbocycles. The third-order valence-corrected chi connectivity index (χ3v) is 4.11. The van der Waals surface area contributed by atoms with Crippen LogP contribution in [0.2, 0.25) is 5.02 Å². The summed E-state index contributed by atoms with van der Waals surface area (Å²) in [6.45, 7) is 2.85. The van der Waals surface area contributed by atoms with Crippen LogP contribution in [0.4, 0.5) is 5.69 Å². The van der Waals surface area contributed by atoms with Crippen molar-refractivity contribution < 1.29 is 0 Å². The van der Waals surface area contributed by atoms with Crippen LogP contribution >= 0.6 is 23.4 Å². The third-order valence-electron chi connectivity index (χ3n) is 2.94. The number of halogens is 1. The predicted octanol–water partition coefficient (Wildman–Crippen LogP) is 3.03. The molecule has 0 fully saturated rings. The number of nitrogens with two attached hydrogens (primary N) is 1. The second kappa shape index (κ2) is 7.14. The zero-order valence-electron chi connectivity index (χ0n) is 10.7. The first-order chi connectivity index (χ1) is 8.11. The molecule has 0 spiro atoms. The summed E-state index contributed by atoms with van der Waals surface area (Å²) in [5.74, 6) is 1.10. The van der Waals surface area contributed by atoms with Gasteiger partial charge >= 0.3 is 0 Å². The van der Waals surface area contributed by atoms with Crippen molar-refractivity contribution in [2.45, 2.75) is 19.4 Å². The monoisotopic (exact) mass is 272 g/mol. The first kappa shape index (κ1) is 14.7. The Morgan fingerprint density at radius 2 is 2.18 bits per heavy atom. The lowest BCUT2D eigenvalue weighted by Crippen LogP contribution is -2.31. The number of rotatable bonds is 6. The van der Waals surface area contributed by atoms with Crippen LogP contribution in [0.15, 0.2) is 18.2 Å². The minimum absolute atomic E-state index is 0.486. The Hall–Kier alpha value is -0.380. The summed E-state index contributed by atoms with van der Waals surface area (Å²) in [7, 11) is 2.12. The molecule has 96 valence electrons. The van der Waals surface area contributed by atoms with Crippen molar-refractivity contribution in [1.29, 1.82) is 0 Å². The fraction of sp³-hybridized carbons (Fsp3) is 0.538. The highest BCUT2D eigenvalue weighted by Gasteiger charge is 2.14. The number of hydrogen-bond donors (Lipinski definition) is 1. The van der Waals surface area contributed by atoms with Crippen LogP contribution in [0.25, 0.3) is 0 Å². The Labute approximate surface area is 114 Å². The molecule has 0 saturated carbocycles. The van der Waals surface area contributed by atoms with Gasteiger partial charge in [-0.1, -0.05) is 17.7 Å².